The Morgan fingerprint density at radius 3 is 2.68 bits per heavy atom. The Hall–Kier alpha value is -2.50. The molecule has 0 radical (unpaired) electrons. The molecule has 6 heteroatoms. The van der Waals surface area contributed by atoms with Crippen LogP contribution >= 0.6 is 0 Å². The summed E-state index contributed by atoms with van der Waals surface area (Å²) in [5.41, 5.74) is -0.401. The van der Waals surface area contributed by atoms with Gasteiger partial charge in [-0.25, -0.2) is 4.98 Å². The molecule has 0 amide bonds. The molecular weight excluding hydrogens is 248 g/mol. The molecule has 100 valence electrons. The number of nitrogens with one attached hydrogen (secondary N) is 1. The van der Waals surface area contributed by atoms with Crippen LogP contribution in [-0.4, -0.2) is 23.7 Å². The van der Waals surface area contributed by atoms with Gasteiger partial charge in [0.1, 0.15) is 0 Å². The Bertz CT molecular complexity index is 610. The summed E-state index contributed by atoms with van der Waals surface area (Å²) in [5, 5.41) is 0. The Balaban J connectivity index is 2.36. The minimum absolute atomic E-state index is 0.0220. The number of aromatic amines is 1. The normalized spacial score (nSPS) is 10.0. The molecule has 0 spiro atoms. The predicted octanol–water partition coefficient (Wildman–Crippen LogP) is 1.97. The molecule has 0 unspecified atom stereocenters. The molecule has 0 aliphatic heterocycles. The monoisotopic (exact) mass is 262 g/mol. The van der Waals surface area contributed by atoms with E-state index in [0.29, 0.717) is 18.1 Å². The molecule has 1 N–H and O–H groups in total. The molecule has 0 saturated heterocycles. The molecule has 1 aromatic carbocycles. The van der Waals surface area contributed by atoms with Crippen LogP contribution in [0.5, 0.6) is 23.1 Å². The summed E-state index contributed by atoms with van der Waals surface area (Å²) in [5.74, 6) is 1.17. The van der Waals surface area contributed by atoms with E-state index >= 15 is 0 Å². The summed E-state index contributed by atoms with van der Waals surface area (Å²) in [6.45, 7) is 2.39. The number of H-pyrrole nitrogens is 1. The molecule has 2 aromatic rings. The number of benzene rings is 1. The van der Waals surface area contributed by atoms with E-state index in [4.69, 9.17) is 14.2 Å². The number of hydrogen-bond acceptors (Lipinski definition) is 5. The number of ether oxygens (including phenoxy) is 3. The average Bonchev–Trinajstić information content (AvgIpc) is 2.41. The lowest BCUT2D eigenvalue weighted by Gasteiger charge is -2.11. The van der Waals surface area contributed by atoms with Gasteiger partial charge in [0, 0.05) is 0 Å². The van der Waals surface area contributed by atoms with E-state index in [2.05, 4.69) is 9.97 Å². The van der Waals surface area contributed by atoms with Gasteiger partial charge in [-0.1, -0.05) is 12.1 Å². The van der Waals surface area contributed by atoms with E-state index in [1.54, 1.807) is 18.2 Å². The Morgan fingerprint density at radius 2 is 2.00 bits per heavy atom. The quantitative estimate of drug-likeness (QED) is 0.891. The van der Waals surface area contributed by atoms with Crippen LogP contribution < -0.4 is 19.8 Å². The summed E-state index contributed by atoms with van der Waals surface area (Å²) in [7, 11) is 1.38. The lowest BCUT2D eigenvalue weighted by atomic mass is 10.3. The first-order valence-electron chi connectivity index (χ1n) is 5.77. The van der Waals surface area contributed by atoms with Gasteiger partial charge in [0.25, 0.3) is 11.4 Å². The fraction of sp³-hybridized carbons (Fsp3) is 0.231. The summed E-state index contributed by atoms with van der Waals surface area (Å²) in [6, 6.07) is 7.14. The van der Waals surface area contributed by atoms with Crippen molar-refractivity contribution < 1.29 is 14.2 Å². The summed E-state index contributed by atoms with van der Waals surface area (Å²) >= 11 is 0. The Morgan fingerprint density at radius 1 is 1.26 bits per heavy atom. The van der Waals surface area contributed by atoms with Crippen molar-refractivity contribution in [2.45, 2.75) is 6.92 Å². The molecule has 2 rings (SSSR count). The molecule has 1 aromatic heterocycles. The standard InChI is InChI=1S/C13H14N2O4/c1-3-18-9-6-4-5-7-10(9)19-13-11(17-2)12(16)14-8-15-13/h4-8H,3H2,1-2H3,(H,14,15,16). The van der Waals surface area contributed by atoms with Crippen LogP contribution in [-0.2, 0) is 0 Å². The molecule has 0 saturated carbocycles. The second kappa shape index (κ2) is 5.90. The molecule has 0 fully saturated rings. The van der Waals surface area contributed by atoms with E-state index in [0.717, 1.165) is 0 Å². The summed E-state index contributed by atoms with van der Waals surface area (Å²) in [6.07, 6.45) is 1.25. The van der Waals surface area contributed by atoms with E-state index in [1.165, 1.54) is 13.4 Å². The van der Waals surface area contributed by atoms with Crippen molar-refractivity contribution >= 4 is 0 Å². The fourth-order valence-electron chi connectivity index (χ4n) is 1.54. The largest absolute Gasteiger partial charge is 0.490 e. The van der Waals surface area contributed by atoms with Gasteiger partial charge in [-0.3, -0.25) is 4.79 Å². The molecule has 1 heterocycles. The second-order valence-electron chi connectivity index (χ2n) is 3.55. The molecule has 0 bridgehead atoms. The highest BCUT2D eigenvalue weighted by molar-refractivity contribution is 5.43. The predicted molar refractivity (Wildman–Crippen MR) is 69.1 cm³/mol. The zero-order valence-corrected chi connectivity index (χ0v) is 10.7. The van der Waals surface area contributed by atoms with E-state index in [9.17, 15) is 4.79 Å². The van der Waals surface area contributed by atoms with Gasteiger partial charge in [0.15, 0.2) is 11.5 Å². The van der Waals surface area contributed by atoms with Crippen molar-refractivity contribution in [1.82, 2.24) is 9.97 Å². The number of hydrogen-bond donors (Lipinski definition) is 1. The SMILES string of the molecule is CCOc1ccccc1Oc1nc[nH]c(=O)c1OC. The summed E-state index contributed by atoms with van der Waals surface area (Å²) in [4.78, 5) is 17.9. The highest BCUT2D eigenvalue weighted by Gasteiger charge is 2.13. The van der Waals surface area contributed by atoms with Gasteiger partial charge in [0.2, 0.25) is 5.75 Å². The van der Waals surface area contributed by atoms with Crippen molar-refractivity contribution in [1.29, 1.82) is 0 Å². The number of methoxy groups -OCH3 is 1. The van der Waals surface area contributed by atoms with Crippen LogP contribution in [0.2, 0.25) is 0 Å². The third-order valence-corrected chi connectivity index (χ3v) is 2.34. The number of rotatable bonds is 5. The van der Waals surface area contributed by atoms with Gasteiger partial charge >= 0.3 is 0 Å². The smallest absolute Gasteiger partial charge is 0.297 e. The number of nitrogens with zero attached hydrogens (tertiary/aromatic N) is 1. The highest BCUT2D eigenvalue weighted by atomic mass is 16.5. The molecule has 6 nitrogen and oxygen atoms in total. The maximum Gasteiger partial charge on any atom is 0.297 e. The molecule has 0 atom stereocenters. The minimum Gasteiger partial charge on any atom is -0.490 e. The van der Waals surface area contributed by atoms with Gasteiger partial charge < -0.3 is 19.2 Å². The first kappa shape index (κ1) is 12.9. The van der Waals surface area contributed by atoms with Crippen LogP contribution in [0.25, 0.3) is 0 Å². The van der Waals surface area contributed by atoms with Crippen molar-refractivity contribution in [3.63, 3.8) is 0 Å². The van der Waals surface area contributed by atoms with E-state index < -0.39 is 5.56 Å². The molecule has 0 aliphatic carbocycles. The third-order valence-electron chi connectivity index (χ3n) is 2.34. The zero-order chi connectivity index (χ0) is 13.7. The first-order valence-corrected chi connectivity index (χ1v) is 5.77. The lowest BCUT2D eigenvalue weighted by Crippen LogP contribution is -2.11. The van der Waals surface area contributed by atoms with E-state index in [1.807, 2.05) is 13.0 Å². The first-order chi connectivity index (χ1) is 9.26. The van der Waals surface area contributed by atoms with Crippen molar-refractivity contribution in [3.05, 3.63) is 40.9 Å². The minimum atomic E-state index is -0.401. The van der Waals surface area contributed by atoms with E-state index in [-0.39, 0.29) is 11.6 Å². The van der Waals surface area contributed by atoms with Gasteiger partial charge in [-0.05, 0) is 19.1 Å². The van der Waals surface area contributed by atoms with Crippen molar-refractivity contribution in [2.24, 2.45) is 0 Å². The zero-order valence-electron chi connectivity index (χ0n) is 10.7. The van der Waals surface area contributed by atoms with Crippen molar-refractivity contribution in [3.8, 4) is 23.1 Å². The van der Waals surface area contributed by atoms with Gasteiger partial charge in [-0.2, -0.15) is 0 Å². The maximum atomic E-state index is 11.5. The Labute approximate surface area is 110 Å². The summed E-state index contributed by atoms with van der Waals surface area (Å²) < 4.78 is 16.0. The molecule has 0 aliphatic rings. The highest BCUT2D eigenvalue weighted by Crippen LogP contribution is 2.32. The maximum absolute atomic E-state index is 11.5. The van der Waals surface area contributed by atoms with Crippen LogP contribution in [0.1, 0.15) is 6.92 Å². The number of para-hydroxylation sites is 2. The molecular formula is C13H14N2O4. The van der Waals surface area contributed by atoms with Crippen LogP contribution in [0, 0.1) is 0 Å². The van der Waals surface area contributed by atoms with Gasteiger partial charge in [0.05, 0.1) is 20.0 Å². The third kappa shape index (κ3) is 2.85. The lowest BCUT2D eigenvalue weighted by molar-refractivity contribution is 0.312. The number of aromatic nitrogens is 2. The Kier molecular flexibility index (Phi) is 4.02. The van der Waals surface area contributed by atoms with Crippen LogP contribution in [0.4, 0.5) is 0 Å². The fourth-order valence-corrected chi connectivity index (χ4v) is 1.54. The van der Waals surface area contributed by atoms with Crippen molar-refractivity contribution in [2.75, 3.05) is 13.7 Å². The van der Waals surface area contributed by atoms with Gasteiger partial charge in [-0.15, -0.1) is 0 Å². The second-order valence-corrected chi connectivity index (χ2v) is 3.55. The van der Waals surface area contributed by atoms with Crippen LogP contribution in [0.15, 0.2) is 35.4 Å². The van der Waals surface area contributed by atoms with Crippen LogP contribution in [0.3, 0.4) is 0 Å². The average molecular weight is 262 g/mol. The molecule has 19 heavy (non-hydrogen) atoms. The topological polar surface area (TPSA) is 73.4 Å².